The second kappa shape index (κ2) is 5.08. The van der Waals surface area contributed by atoms with Crippen LogP contribution in [0.2, 0.25) is 0 Å². The topological polar surface area (TPSA) is 75.6 Å². The molecule has 0 aliphatic rings. The summed E-state index contributed by atoms with van der Waals surface area (Å²) < 4.78 is 5.09. The van der Waals surface area contributed by atoms with Crippen molar-refractivity contribution in [2.45, 2.75) is 33.3 Å². The van der Waals surface area contributed by atoms with Crippen LogP contribution in [0.25, 0.3) is 0 Å². The summed E-state index contributed by atoms with van der Waals surface area (Å²) in [4.78, 5) is 22.2. The van der Waals surface area contributed by atoms with Crippen LogP contribution >= 0.6 is 0 Å². The van der Waals surface area contributed by atoms with Gasteiger partial charge in [0.15, 0.2) is 6.29 Å². The van der Waals surface area contributed by atoms with E-state index in [-0.39, 0.29) is 11.3 Å². The monoisotopic (exact) mass is 251 g/mol. The lowest BCUT2D eigenvalue weighted by molar-refractivity contribution is 0.0635. The van der Waals surface area contributed by atoms with Gasteiger partial charge >= 0.3 is 6.09 Å². The second-order valence-corrected chi connectivity index (χ2v) is 4.97. The van der Waals surface area contributed by atoms with E-state index >= 15 is 0 Å². The molecule has 0 aromatic heterocycles. The van der Waals surface area contributed by atoms with Crippen molar-refractivity contribution in [1.29, 1.82) is 0 Å². The lowest BCUT2D eigenvalue weighted by Crippen LogP contribution is -2.27. The Kier molecular flexibility index (Phi) is 3.96. The Bertz CT molecular complexity index is 475. The number of aryl methyl sites for hydroxylation is 1. The quantitative estimate of drug-likeness (QED) is 0.792. The lowest BCUT2D eigenvalue weighted by atomic mass is 10.1. The summed E-state index contributed by atoms with van der Waals surface area (Å²) in [5.41, 5.74) is 0.665. The standard InChI is InChI=1S/C13H17NO4/c1-8-5-9(7-15)11(16)6-10(8)14-12(17)18-13(2,3)4/h5-7,16H,1-4H3,(H,14,17). The van der Waals surface area contributed by atoms with Gasteiger partial charge in [-0.25, -0.2) is 4.79 Å². The summed E-state index contributed by atoms with van der Waals surface area (Å²) in [6.45, 7) is 6.99. The highest BCUT2D eigenvalue weighted by Gasteiger charge is 2.17. The third kappa shape index (κ3) is 3.76. The summed E-state index contributed by atoms with van der Waals surface area (Å²) in [6.07, 6.45) is -0.0524. The number of nitrogens with one attached hydrogen (secondary N) is 1. The van der Waals surface area contributed by atoms with Gasteiger partial charge in [-0.05, 0) is 39.3 Å². The minimum atomic E-state index is -0.608. The van der Waals surface area contributed by atoms with Crippen molar-refractivity contribution in [3.05, 3.63) is 23.3 Å². The highest BCUT2D eigenvalue weighted by molar-refractivity contribution is 5.88. The molecule has 1 rings (SSSR count). The number of rotatable bonds is 2. The molecule has 0 aliphatic carbocycles. The maximum atomic E-state index is 11.6. The second-order valence-electron chi connectivity index (χ2n) is 4.97. The molecule has 0 atom stereocenters. The van der Waals surface area contributed by atoms with Crippen LogP contribution in [0.5, 0.6) is 5.75 Å². The maximum absolute atomic E-state index is 11.6. The van der Waals surface area contributed by atoms with E-state index in [1.807, 2.05) is 0 Å². The van der Waals surface area contributed by atoms with Gasteiger partial charge in [0.25, 0.3) is 0 Å². The molecule has 0 bridgehead atoms. The number of aldehydes is 1. The number of aromatic hydroxyl groups is 1. The Balaban J connectivity index is 2.89. The van der Waals surface area contributed by atoms with E-state index in [2.05, 4.69) is 5.32 Å². The number of carbonyl (C=O) groups is 2. The van der Waals surface area contributed by atoms with Crippen molar-refractivity contribution >= 4 is 18.1 Å². The Morgan fingerprint density at radius 3 is 2.50 bits per heavy atom. The number of hydrogen-bond acceptors (Lipinski definition) is 4. The molecular weight excluding hydrogens is 234 g/mol. The van der Waals surface area contributed by atoms with Gasteiger partial charge in [-0.1, -0.05) is 0 Å². The summed E-state index contributed by atoms with van der Waals surface area (Å²) >= 11 is 0. The first-order chi connectivity index (χ1) is 8.23. The van der Waals surface area contributed by atoms with Crippen LogP contribution in [-0.4, -0.2) is 23.1 Å². The fraction of sp³-hybridized carbons (Fsp3) is 0.385. The molecule has 0 saturated heterocycles. The number of carbonyl (C=O) groups excluding carboxylic acids is 2. The molecule has 98 valence electrons. The first-order valence-corrected chi connectivity index (χ1v) is 5.52. The van der Waals surface area contributed by atoms with Crippen molar-refractivity contribution in [2.75, 3.05) is 5.32 Å². The molecule has 5 nitrogen and oxygen atoms in total. The Morgan fingerprint density at radius 1 is 1.39 bits per heavy atom. The van der Waals surface area contributed by atoms with Crippen molar-refractivity contribution in [3.63, 3.8) is 0 Å². The largest absolute Gasteiger partial charge is 0.507 e. The van der Waals surface area contributed by atoms with E-state index < -0.39 is 11.7 Å². The van der Waals surface area contributed by atoms with Crippen LogP contribution in [0.15, 0.2) is 12.1 Å². The van der Waals surface area contributed by atoms with Crippen molar-refractivity contribution in [3.8, 4) is 5.75 Å². The fourth-order valence-corrected chi connectivity index (χ4v) is 1.36. The van der Waals surface area contributed by atoms with E-state index in [1.54, 1.807) is 27.7 Å². The Hall–Kier alpha value is -2.04. The molecule has 0 aliphatic heterocycles. The molecule has 1 amide bonds. The van der Waals surface area contributed by atoms with Gasteiger partial charge in [0.1, 0.15) is 11.4 Å². The summed E-state index contributed by atoms with van der Waals surface area (Å²) in [5.74, 6) is -0.179. The van der Waals surface area contributed by atoms with Gasteiger partial charge in [0.2, 0.25) is 0 Å². The van der Waals surface area contributed by atoms with Crippen LogP contribution in [0.4, 0.5) is 10.5 Å². The van der Waals surface area contributed by atoms with Crippen molar-refractivity contribution in [1.82, 2.24) is 0 Å². The first kappa shape index (κ1) is 14.0. The highest BCUT2D eigenvalue weighted by Crippen LogP contribution is 2.25. The maximum Gasteiger partial charge on any atom is 0.412 e. The third-order valence-corrected chi connectivity index (χ3v) is 2.14. The molecule has 5 heteroatoms. The molecule has 0 unspecified atom stereocenters. The number of phenolic OH excluding ortho intramolecular Hbond substituents is 1. The van der Waals surface area contributed by atoms with Crippen molar-refractivity contribution in [2.24, 2.45) is 0 Å². The van der Waals surface area contributed by atoms with E-state index in [4.69, 9.17) is 4.74 Å². The number of hydrogen-bond donors (Lipinski definition) is 2. The fourth-order valence-electron chi connectivity index (χ4n) is 1.36. The van der Waals surface area contributed by atoms with Crippen LogP contribution in [0.3, 0.4) is 0 Å². The molecule has 0 fully saturated rings. The Labute approximate surface area is 106 Å². The molecule has 2 N–H and O–H groups in total. The normalized spacial score (nSPS) is 10.9. The predicted molar refractivity (Wildman–Crippen MR) is 68.1 cm³/mol. The number of ether oxygens (including phenoxy) is 1. The first-order valence-electron chi connectivity index (χ1n) is 5.52. The van der Waals surface area contributed by atoms with E-state index in [0.29, 0.717) is 17.5 Å². The van der Waals surface area contributed by atoms with Crippen LogP contribution in [-0.2, 0) is 4.74 Å². The van der Waals surface area contributed by atoms with Gasteiger partial charge in [0, 0.05) is 6.07 Å². The van der Waals surface area contributed by atoms with Gasteiger partial charge in [-0.2, -0.15) is 0 Å². The van der Waals surface area contributed by atoms with Gasteiger partial charge in [-0.3, -0.25) is 10.1 Å². The summed E-state index contributed by atoms with van der Waals surface area (Å²) in [6, 6.07) is 2.82. The number of phenols is 1. The van der Waals surface area contributed by atoms with E-state index in [1.165, 1.54) is 12.1 Å². The molecular formula is C13H17NO4. The molecule has 18 heavy (non-hydrogen) atoms. The Morgan fingerprint density at radius 2 is 2.00 bits per heavy atom. The van der Waals surface area contributed by atoms with Crippen LogP contribution < -0.4 is 5.32 Å². The van der Waals surface area contributed by atoms with Crippen LogP contribution in [0.1, 0.15) is 36.7 Å². The average Bonchev–Trinajstić information content (AvgIpc) is 2.20. The van der Waals surface area contributed by atoms with Crippen LogP contribution in [0, 0.1) is 6.92 Å². The zero-order valence-corrected chi connectivity index (χ0v) is 10.9. The minimum absolute atomic E-state index is 0.179. The summed E-state index contributed by atoms with van der Waals surface area (Å²) in [5, 5.41) is 12.1. The molecule has 0 heterocycles. The van der Waals surface area contributed by atoms with Gasteiger partial charge < -0.3 is 9.84 Å². The number of amides is 1. The van der Waals surface area contributed by atoms with Crippen molar-refractivity contribution < 1.29 is 19.4 Å². The predicted octanol–water partition coefficient (Wildman–Crippen LogP) is 2.86. The molecule has 0 radical (unpaired) electrons. The van der Waals surface area contributed by atoms with E-state index in [0.717, 1.165) is 0 Å². The summed E-state index contributed by atoms with van der Waals surface area (Å²) in [7, 11) is 0. The minimum Gasteiger partial charge on any atom is -0.507 e. The molecule has 0 saturated carbocycles. The highest BCUT2D eigenvalue weighted by atomic mass is 16.6. The SMILES string of the molecule is Cc1cc(C=O)c(O)cc1NC(=O)OC(C)(C)C. The number of anilines is 1. The van der Waals surface area contributed by atoms with Gasteiger partial charge in [0.05, 0.1) is 11.3 Å². The zero-order valence-electron chi connectivity index (χ0n) is 10.9. The molecule has 0 spiro atoms. The average molecular weight is 251 g/mol. The zero-order chi connectivity index (χ0) is 13.9. The number of benzene rings is 1. The van der Waals surface area contributed by atoms with E-state index in [9.17, 15) is 14.7 Å². The molecule has 1 aromatic carbocycles. The smallest absolute Gasteiger partial charge is 0.412 e. The molecule has 1 aromatic rings. The lowest BCUT2D eigenvalue weighted by Gasteiger charge is -2.20. The van der Waals surface area contributed by atoms with Gasteiger partial charge in [-0.15, -0.1) is 0 Å². The third-order valence-electron chi connectivity index (χ3n) is 2.14.